The fraction of sp³-hybridized carbons (Fsp3) is 0.179. The molecule has 0 saturated carbocycles. The van der Waals surface area contributed by atoms with E-state index in [4.69, 9.17) is 30.5 Å². The predicted octanol–water partition coefficient (Wildman–Crippen LogP) is 5.69. The maximum atomic E-state index is 12.5. The Balaban J connectivity index is 1.57. The lowest BCUT2D eigenvalue weighted by atomic mass is 10.0. The molecule has 3 aromatic rings. The summed E-state index contributed by atoms with van der Waals surface area (Å²) < 4.78 is 21.4. The van der Waals surface area contributed by atoms with Crippen LogP contribution in [0.2, 0.25) is 5.02 Å². The van der Waals surface area contributed by atoms with Crippen molar-refractivity contribution in [3.05, 3.63) is 88.6 Å². The molecule has 0 bridgehead atoms. The summed E-state index contributed by atoms with van der Waals surface area (Å²) in [5.41, 5.74) is 3.50. The molecule has 3 aromatic carbocycles. The van der Waals surface area contributed by atoms with Crippen LogP contribution in [0.3, 0.4) is 0 Å². The van der Waals surface area contributed by atoms with Crippen molar-refractivity contribution in [2.75, 3.05) is 19.8 Å². The Kier molecular flexibility index (Phi) is 8.02. The zero-order valence-corrected chi connectivity index (χ0v) is 20.6. The van der Waals surface area contributed by atoms with Gasteiger partial charge in [-0.15, -0.1) is 0 Å². The summed E-state index contributed by atoms with van der Waals surface area (Å²) in [6.45, 7) is 3.80. The van der Waals surface area contributed by atoms with E-state index in [-0.39, 0.29) is 35.6 Å². The number of carbonyl (C=O) groups is 2. The summed E-state index contributed by atoms with van der Waals surface area (Å²) >= 11 is 6.40. The number of benzene rings is 3. The second-order valence-electron chi connectivity index (χ2n) is 7.64. The third kappa shape index (κ3) is 5.93. The lowest BCUT2D eigenvalue weighted by molar-refractivity contribution is -0.145. The standard InChI is InChI=1S/C28H24ClNO6/c1-3-33-24-16-18(14-22(29)26(24)35-17-25(31)34-4-2)15-23-28(32)36-27(30-23)21-12-10-20(11-13-21)19-8-6-5-7-9-19/h5-16H,3-4,17H2,1-2H3/b23-15-. The van der Waals surface area contributed by atoms with Crippen LogP contribution < -0.4 is 9.47 Å². The van der Waals surface area contributed by atoms with Gasteiger partial charge in [0, 0.05) is 5.56 Å². The quantitative estimate of drug-likeness (QED) is 0.274. The minimum atomic E-state index is -0.575. The molecule has 0 spiro atoms. The molecule has 1 aliphatic heterocycles. The number of halogens is 1. The van der Waals surface area contributed by atoms with Crippen molar-refractivity contribution < 1.29 is 28.5 Å². The summed E-state index contributed by atoms with van der Waals surface area (Å²) in [6.07, 6.45) is 1.55. The van der Waals surface area contributed by atoms with Gasteiger partial charge < -0.3 is 18.9 Å². The van der Waals surface area contributed by atoms with E-state index >= 15 is 0 Å². The molecule has 1 heterocycles. The van der Waals surface area contributed by atoms with E-state index in [9.17, 15) is 9.59 Å². The Bertz CT molecular complexity index is 1320. The number of aliphatic imine (C=N–C) groups is 1. The number of nitrogens with zero attached hydrogens (tertiary/aromatic N) is 1. The molecule has 0 N–H and O–H groups in total. The molecule has 0 fully saturated rings. The number of carbonyl (C=O) groups excluding carboxylic acids is 2. The van der Waals surface area contributed by atoms with Crippen LogP contribution in [0, 0.1) is 0 Å². The van der Waals surface area contributed by atoms with Crippen LogP contribution in [0.1, 0.15) is 25.0 Å². The van der Waals surface area contributed by atoms with Crippen LogP contribution in [-0.2, 0) is 19.1 Å². The SMILES string of the molecule is CCOC(=O)COc1c(Cl)cc(/C=C2\N=C(c3ccc(-c4ccccc4)cc3)OC2=O)cc1OCC. The molecule has 0 unspecified atom stereocenters. The van der Waals surface area contributed by atoms with E-state index in [1.54, 1.807) is 25.1 Å². The molecule has 184 valence electrons. The minimum Gasteiger partial charge on any atom is -0.490 e. The highest BCUT2D eigenvalue weighted by molar-refractivity contribution is 6.32. The topological polar surface area (TPSA) is 83.4 Å². The third-order valence-corrected chi connectivity index (χ3v) is 5.41. The van der Waals surface area contributed by atoms with E-state index in [1.807, 2.05) is 61.5 Å². The molecule has 0 aliphatic carbocycles. The van der Waals surface area contributed by atoms with Crippen molar-refractivity contribution in [3.63, 3.8) is 0 Å². The van der Waals surface area contributed by atoms with Gasteiger partial charge in [0.15, 0.2) is 23.8 Å². The average molecular weight is 506 g/mol. The Morgan fingerprint density at radius 1 is 0.944 bits per heavy atom. The van der Waals surface area contributed by atoms with Gasteiger partial charge in [-0.2, -0.15) is 0 Å². The van der Waals surface area contributed by atoms with Gasteiger partial charge in [-0.1, -0.05) is 54.1 Å². The molecule has 7 nitrogen and oxygen atoms in total. The van der Waals surface area contributed by atoms with Gasteiger partial charge in [-0.3, -0.25) is 0 Å². The largest absolute Gasteiger partial charge is 0.490 e. The first-order valence-corrected chi connectivity index (χ1v) is 11.8. The lowest BCUT2D eigenvalue weighted by Crippen LogP contribution is -2.15. The van der Waals surface area contributed by atoms with Gasteiger partial charge in [0.2, 0.25) is 5.90 Å². The zero-order valence-electron chi connectivity index (χ0n) is 19.8. The summed E-state index contributed by atoms with van der Waals surface area (Å²) in [5, 5.41) is 0.212. The highest BCUT2D eigenvalue weighted by Crippen LogP contribution is 2.37. The zero-order chi connectivity index (χ0) is 25.5. The molecular formula is C28H24ClNO6. The minimum absolute atomic E-state index is 0.121. The van der Waals surface area contributed by atoms with Gasteiger partial charge >= 0.3 is 11.9 Å². The molecule has 36 heavy (non-hydrogen) atoms. The average Bonchev–Trinajstić information content (AvgIpc) is 3.24. The van der Waals surface area contributed by atoms with E-state index in [0.29, 0.717) is 23.5 Å². The van der Waals surface area contributed by atoms with Gasteiger partial charge in [0.05, 0.1) is 18.2 Å². The molecule has 8 heteroatoms. The first kappa shape index (κ1) is 25.0. The second-order valence-corrected chi connectivity index (χ2v) is 8.04. The molecule has 0 atom stereocenters. The summed E-state index contributed by atoms with van der Waals surface area (Å²) in [6, 6.07) is 20.8. The van der Waals surface area contributed by atoms with E-state index in [1.165, 1.54) is 0 Å². The van der Waals surface area contributed by atoms with Crippen molar-refractivity contribution in [1.29, 1.82) is 0 Å². The Hall–Kier alpha value is -4.10. The first-order chi connectivity index (χ1) is 17.5. The second kappa shape index (κ2) is 11.6. The molecule has 0 saturated heterocycles. The van der Waals surface area contributed by atoms with Crippen LogP contribution in [0.5, 0.6) is 11.5 Å². The number of rotatable bonds is 9. The molecule has 0 amide bonds. The smallest absolute Gasteiger partial charge is 0.363 e. The Morgan fingerprint density at radius 2 is 1.64 bits per heavy atom. The fourth-order valence-electron chi connectivity index (χ4n) is 3.53. The van der Waals surface area contributed by atoms with Crippen molar-refractivity contribution >= 4 is 35.5 Å². The third-order valence-electron chi connectivity index (χ3n) is 5.13. The summed E-state index contributed by atoms with van der Waals surface area (Å²) in [5.74, 6) is -0.335. The van der Waals surface area contributed by atoms with Gasteiger partial charge in [-0.05, 0) is 60.9 Å². The Morgan fingerprint density at radius 3 is 2.33 bits per heavy atom. The molecule has 0 radical (unpaired) electrons. The highest BCUT2D eigenvalue weighted by Gasteiger charge is 2.25. The van der Waals surface area contributed by atoms with Gasteiger partial charge in [0.1, 0.15) is 0 Å². The molecule has 4 rings (SSSR count). The summed E-state index contributed by atoms with van der Waals surface area (Å²) in [4.78, 5) is 28.5. The number of hydrogen-bond donors (Lipinski definition) is 0. The Labute approximate surface area is 213 Å². The lowest BCUT2D eigenvalue weighted by Gasteiger charge is -2.14. The van der Waals surface area contributed by atoms with E-state index in [0.717, 1.165) is 11.1 Å². The molecular weight excluding hydrogens is 482 g/mol. The molecule has 0 aromatic heterocycles. The first-order valence-electron chi connectivity index (χ1n) is 11.4. The fourth-order valence-corrected chi connectivity index (χ4v) is 3.81. The maximum Gasteiger partial charge on any atom is 0.363 e. The monoisotopic (exact) mass is 505 g/mol. The maximum absolute atomic E-state index is 12.5. The van der Waals surface area contributed by atoms with Crippen molar-refractivity contribution in [2.24, 2.45) is 4.99 Å². The van der Waals surface area contributed by atoms with Crippen LogP contribution in [0.25, 0.3) is 17.2 Å². The van der Waals surface area contributed by atoms with Crippen molar-refractivity contribution in [2.45, 2.75) is 13.8 Å². The van der Waals surface area contributed by atoms with E-state index < -0.39 is 11.9 Å². The summed E-state index contributed by atoms with van der Waals surface area (Å²) in [7, 11) is 0. The number of esters is 2. The van der Waals surface area contributed by atoms with Crippen molar-refractivity contribution in [3.8, 4) is 22.6 Å². The highest BCUT2D eigenvalue weighted by atomic mass is 35.5. The number of hydrogen-bond acceptors (Lipinski definition) is 7. The van der Waals surface area contributed by atoms with Crippen LogP contribution >= 0.6 is 11.6 Å². The van der Waals surface area contributed by atoms with Crippen LogP contribution in [0.4, 0.5) is 0 Å². The predicted molar refractivity (Wildman–Crippen MR) is 137 cm³/mol. The van der Waals surface area contributed by atoms with Crippen molar-refractivity contribution in [1.82, 2.24) is 0 Å². The van der Waals surface area contributed by atoms with Crippen LogP contribution in [0.15, 0.2) is 77.4 Å². The number of ether oxygens (including phenoxy) is 4. The number of cyclic esters (lactones) is 1. The van der Waals surface area contributed by atoms with Crippen LogP contribution in [-0.4, -0.2) is 37.7 Å². The normalized spacial score (nSPS) is 13.8. The molecule has 1 aliphatic rings. The van der Waals surface area contributed by atoms with Gasteiger partial charge in [0.25, 0.3) is 0 Å². The van der Waals surface area contributed by atoms with Gasteiger partial charge in [-0.25, -0.2) is 14.6 Å². The van der Waals surface area contributed by atoms with E-state index in [2.05, 4.69) is 4.99 Å².